The topological polar surface area (TPSA) is 74.2 Å². The van der Waals surface area contributed by atoms with Crippen LogP contribution in [0.4, 0.5) is 4.39 Å². The van der Waals surface area contributed by atoms with Gasteiger partial charge in [-0.3, -0.25) is 14.7 Å². The fourth-order valence-electron chi connectivity index (χ4n) is 4.78. The average Bonchev–Trinajstić information content (AvgIpc) is 3.32. The summed E-state index contributed by atoms with van der Waals surface area (Å²) in [6, 6.07) is 8.83. The number of pyridine rings is 1. The van der Waals surface area contributed by atoms with Crippen molar-refractivity contribution in [3.8, 4) is 0 Å². The number of aromatic amines is 1. The Labute approximate surface area is 180 Å². The van der Waals surface area contributed by atoms with Gasteiger partial charge in [0.05, 0.1) is 23.0 Å². The first kappa shape index (κ1) is 20.0. The molecule has 0 aliphatic carbocycles. The van der Waals surface area contributed by atoms with Gasteiger partial charge in [0.15, 0.2) is 0 Å². The van der Waals surface area contributed by atoms with Crippen LogP contribution in [0.2, 0.25) is 0 Å². The summed E-state index contributed by atoms with van der Waals surface area (Å²) < 4.78 is 14.1. The highest BCUT2D eigenvalue weighted by Crippen LogP contribution is 2.34. The summed E-state index contributed by atoms with van der Waals surface area (Å²) in [6.07, 6.45) is 1.66. The van der Waals surface area contributed by atoms with Crippen molar-refractivity contribution in [2.24, 2.45) is 16.8 Å². The number of nitrogens with zero attached hydrogens (tertiary/aromatic N) is 4. The number of halogens is 1. The third-order valence-corrected chi connectivity index (χ3v) is 6.43. The number of rotatable bonds is 4. The van der Waals surface area contributed by atoms with Crippen molar-refractivity contribution in [2.45, 2.75) is 39.3 Å². The number of para-hydroxylation sites is 1. The van der Waals surface area contributed by atoms with Crippen LogP contribution in [0.3, 0.4) is 0 Å². The van der Waals surface area contributed by atoms with Crippen molar-refractivity contribution < 1.29 is 4.39 Å². The Bertz CT molecular complexity index is 1230. The molecule has 2 aromatic heterocycles. The second-order valence-electron chi connectivity index (χ2n) is 9.11. The Morgan fingerprint density at radius 1 is 1.19 bits per heavy atom. The molecular formula is C24H26FN5O. The number of aliphatic imine (C=N–C) groups is 1. The third-order valence-electron chi connectivity index (χ3n) is 6.43. The zero-order chi connectivity index (χ0) is 21.7. The molecule has 1 fully saturated rings. The Hall–Kier alpha value is -2.93. The van der Waals surface area contributed by atoms with E-state index in [9.17, 15) is 9.18 Å². The number of fused-ring (bicyclic) bond motifs is 2. The molecular weight excluding hydrogens is 393 g/mol. The zero-order valence-electron chi connectivity index (χ0n) is 18.0. The molecule has 0 radical (unpaired) electrons. The van der Waals surface area contributed by atoms with Crippen molar-refractivity contribution in [1.82, 2.24) is 19.9 Å². The molecule has 0 saturated carbocycles. The summed E-state index contributed by atoms with van der Waals surface area (Å²) >= 11 is 0. The molecule has 0 bridgehead atoms. The molecule has 1 saturated heterocycles. The van der Waals surface area contributed by atoms with Crippen molar-refractivity contribution in [3.05, 3.63) is 69.3 Å². The molecule has 0 amide bonds. The first-order valence-electron chi connectivity index (χ1n) is 10.8. The van der Waals surface area contributed by atoms with E-state index in [4.69, 9.17) is 4.98 Å². The van der Waals surface area contributed by atoms with Crippen LogP contribution in [0.5, 0.6) is 0 Å². The highest BCUT2D eigenvalue weighted by atomic mass is 19.1. The minimum atomic E-state index is -0.297. The smallest absolute Gasteiger partial charge is 0.260 e. The van der Waals surface area contributed by atoms with E-state index in [1.165, 1.54) is 6.07 Å². The molecule has 4 heterocycles. The fraction of sp³-hybridized carbons (Fsp3) is 0.417. The van der Waals surface area contributed by atoms with Crippen LogP contribution >= 0.6 is 0 Å². The van der Waals surface area contributed by atoms with Gasteiger partial charge in [-0.25, -0.2) is 14.4 Å². The lowest BCUT2D eigenvalue weighted by Gasteiger charge is -2.18. The van der Waals surface area contributed by atoms with Gasteiger partial charge in [-0.2, -0.15) is 0 Å². The van der Waals surface area contributed by atoms with Crippen LogP contribution in [-0.2, 0) is 6.54 Å². The lowest BCUT2D eigenvalue weighted by Crippen LogP contribution is -2.24. The summed E-state index contributed by atoms with van der Waals surface area (Å²) in [5.41, 5.74) is 2.53. The van der Waals surface area contributed by atoms with Gasteiger partial charge in [0.2, 0.25) is 0 Å². The SMILES string of the molecule is CC(C)C1N=Cc2c1nc([C@@H]1CN(Cc3ccc4cccc(F)c4n3)C[C@H]1C)[nH]c2=O. The average molecular weight is 420 g/mol. The maximum Gasteiger partial charge on any atom is 0.260 e. The van der Waals surface area contributed by atoms with E-state index in [1.807, 2.05) is 18.2 Å². The van der Waals surface area contributed by atoms with Gasteiger partial charge >= 0.3 is 0 Å². The minimum absolute atomic E-state index is 0.0550. The van der Waals surface area contributed by atoms with E-state index < -0.39 is 0 Å². The number of hydrogen-bond acceptors (Lipinski definition) is 5. The fourth-order valence-corrected chi connectivity index (χ4v) is 4.78. The molecule has 2 aliphatic heterocycles. The van der Waals surface area contributed by atoms with E-state index in [-0.39, 0.29) is 29.3 Å². The molecule has 1 aromatic carbocycles. The molecule has 160 valence electrons. The van der Waals surface area contributed by atoms with Crippen molar-refractivity contribution in [3.63, 3.8) is 0 Å². The van der Waals surface area contributed by atoms with E-state index in [2.05, 4.69) is 40.6 Å². The molecule has 1 N–H and O–H groups in total. The van der Waals surface area contributed by atoms with Crippen molar-refractivity contribution in [2.75, 3.05) is 13.1 Å². The van der Waals surface area contributed by atoms with E-state index in [0.717, 1.165) is 35.7 Å². The first-order chi connectivity index (χ1) is 14.9. The molecule has 3 aromatic rings. The van der Waals surface area contributed by atoms with Gasteiger partial charge in [0.1, 0.15) is 17.2 Å². The number of H-pyrrole nitrogens is 1. The van der Waals surface area contributed by atoms with E-state index >= 15 is 0 Å². The van der Waals surface area contributed by atoms with Gasteiger partial charge < -0.3 is 4.98 Å². The lowest BCUT2D eigenvalue weighted by molar-refractivity contribution is 0.315. The van der Waals surface area contributed by atoms with Crippen LogP contribution in [0.15, 0.2) is 40.1 Å². The summed E-state index contributed by atoms with van der Waals surface area (Å²) in [5.74, 6) is 1.19. The van der Waals surface area contributed by atoms with Crippen molar-refractivity contribution in [1.29, 1.82) is 0 Å². The van der Waals surface area contributed by atoms with E-state index in [0.29, 0.717) is 23.5 Å². The molecule has 3 atom stereocenters. The summed E-state index contributed by atoms with van der Waals surface area (Å²) in [4.78, 5) is 31.9. The van der Waals surface area contributed by atoms with Crippen LogP contribution in [0.25, 0.3) is 10.9 Å². The summed E-state index contributed by atoms with van der Waals surface area (Å²) in [5, 5.41) is 0.804. The largest absolute Gasteiger partial charge is 0.310 e. The second kappa shape index (κ2) is 7.64. The van der Waals surface area contributed by atoms with Gasteiger partial charge in [-0.05, 0) is 24.0 Å². The van der Waals surface area contributed by atoms with E-state index in [1.54, 1.807) is 12.3 Å². The second-order valence-corrected chi connectivity index (χ2v) is 9.11. The molecule has 7 heteroatoms. The summed E-state index contributed by atoms with van der Waals surface area (Å²) in [6.45, 7) is 8.65. The lowest BCUT2D eigenvalue weighted by atomic mass is 9.96. The predicted molar refractivity (Wildman–Crippen MR) is 119 cm³/mol. The Morgan fingerprint density at radius 3 is 2.84 bits per heavy atom. The molecule has 6 nitrogen and oxygen atoms in total. The highest BCUT2D eigenvalue weighted by Gasteiger charge is 2.35. The van der Waals surface area contributed by atoms with Gasteiger partial charge in [0, 0.05) is 37.2 Å². The summed E-state index contributed by atoms with van der Waals surface area (Å²) in [7, 11) is 0. The van der Waals surface area contributed by atoms with Crippen LogP contribution < -0.4 is 5.56 Å². The molecule has 31 heavy (non-hydrogen) atoms. The number of likely N-dealkylation sites (tertiary alicyclic amines) is 1. The Morgan fingerprint density at radius 2 is 2.03 bits per heavy atom. The van der Waals surface area contributed by atoms with Gasteiger partial charge in [0.25, 0.3) is 5.56 Å². The molecule has 0 spiro atoms. The maximum absolute atomic E-state index is 14.1. The molecule has 2 aliphatic rings. The monoisotopic (exact) mass is 419 g/mol. The third kappa shape index (κ3) is 3.57. The van der Waals surface area contributed by atoms with Gasteiger partial charge in [-0.1, -0.05) is 39.0 Å². The Balaban J connectivity index is 1.38. The minimum Gasteiger partial charge on any atom is -0.310 e. The number of nitrogens with one attached hydrogen (secondary N) is 1. The maximum atomic E-state index is 14.1. The predicted octanol–water partition coefficient (Wildman–Crippen LogP) is 3.82. The van der Waals surface area contributed by atoms with Gasteiger partial charge in [-0.15, -0.1) is 0 Å². The number of aromatic nitrogens is 3. The molecule has 5 rings (SSSR count). The van der Waals surface area contributed by atoms with Crippen LogP contribution in [0.1, 0.15) is 55.5 Å². The first-order valence-corrected chi connectivity index (χ1v) is 10.8. The number of hydrogen-bond donors (Lipinski definition) is 1. The van der Waals surface area contributed by atoms with Crippen molar-refractivity contribution >= 4 is 17.1 Å². The standard InChI is InChI=1S/C24H26FN5O/c1-13(2)20-22-17(9-26-20)24(31)29-23(28-22)18-12-30(10-14(18)3)11-16-8-7-15-5-4-6-19(25)21(15)27-16/h4-9,13-14,18,20H,10-12H2,1-3H3,(H,28,29,31)/t14-,18-,20?/m1/s1. The zero-order valence-corrected chi connectivity index (χ0v) is 18.0. The normalized spacial score (nSPS) is 23.2. The highest BCUT2D eigenvalue weighted by molar-refractivity contribution is 5.84. The quantitative estimate of drug-likeness (QED) is 0.698. The van der Waals surface area contributed by atoms with Crippen LogP contribution in [0, 0.1) is 17.7 Å². The molecule has 1 unspecified atom stereocenters. The Kier molecular flexibility index (Phi) is 4.93. The number of benzene rings is 1. The van der Waals surface area contributed by atoms with Crippen LogP contribution in [-0.4, -0.2) is 39.2 Å².